The molecule has 0 radical (unpaired) electrons. The van der Waals surface area contributed by atoms with Gasteiger partial charge in [0, 0.05) is 30.2 Å². The third kappa shape index (κ3) is 4.66. The van der Waals surface area contributed by atoms with Crippen LogP contribution >= 0.6 is 11.8 Å². The first-order chi connectivity index (χ1) is 10.6. The van der Waals surface area contributed by atoms with Gasteiger partial charge in [0.15, 0.2) is 5.96 Å². The molecule has 122 valence electrons. The normalized spacial score (nSPS) is 16.0. The van der Waals surface area contributed by atoms with Gasteiger partial charge >= 0.3 is 6.61 Å². The molecule has 0 bridgehead atoms. The summed E-state index contributed by atoms with van der Waals surface area (Å²) in [6, 6.07) is 4.64. The first-order valence-corrected chi connectivity index (χ1v) is 8.00. The molecule has 2 N–H and O–H groups in total. The van der Waals surface area contributed by atoms with Gasteiger partial charge in [-0.05, 0) is 18.2 Å². The number of hydrogen-bond acceptors (Lipinski definition) is 4. The van der Waals surface area contributed by atoms with E-state index >= 15 is 0 Å². The van der Waals surface area contributed by atoms with Gasteiger partial charge in [0.25, 0.3) is 0 Å². The van der Waals surface area contributed by atoms with Crippen LogP contribution < -0.4 is 15.2 Å². The van der Waals surface area contributed by atoms with Crippen molar-refractivity contribution in [3.8, 4) is 11.5 Å². The van der Waals surface area contributed by atoms with Crippen LogP contribution in [0.4, 0.5) is 8.78 Å². The second kappa shape index (κ2) is 8.07. The van der Waals surface area contributed by atoms with Crippen LogP contribution in [0.2, 0.25) is 0 Å². The fourth-order valence-electron chi connectivity index (χ4n) is 2.08. The van der Waals surface area contributed by atoms with E-state index in [1.165, 1.54) is 13.2 Å². The van der Waals surface area contributed by atoms with E-state index in [1.807, 2.05) is 16.7 Å². The lowest BCUT2D eigenvalue weighted by molar-refractivity contribution is -0.0504. The monoisotopic (exact) mass is 331 g/mol. The zero-order valence-corrected chi connectivity index (χ0v) is 13.1. The van der Waals surface area contributed by atoms with Crippen LogP contribution in [0.1, 0.15) is 5.56 Å². The SMILES string of the molecule is COc1ccc(OC(F)F)c(CN=C(N)N2CCSCC2)c1. The summed E-state index contributed by atoms with van der Waals surface area (Å²) in [4.78, 5) is 6.28. The second-order valence-electron chi connectivity index (χ2n) is 4.63. The van der Waals surface area contributed by atoms with Crippen molar-refractivity contribution in [1.29, 1.82) is 0 Å². The Labute approximate surface area is 132 Å². The summed E-state index contributed by atoms with van der Waals surface area (Å²) in [5.41, 5.74) is 6.47. The van der Waals surface area contributed by atoms with Crippen molar-refractivity contribution in [3.63, 3.8) is 0 Å². The van der Waals surface area contributed by atoms with Gasteiger partial charge in [-0.15, -0.1) is 0 Å². The highest BCUT2D eigenvalue weighted by molar-refractivity contribution is 7.99. The van der Waals surface area contributed by atoms with Crippen LogP contribution in [-0.2, 0) is 6.54 Å². The van der Waals surface area contributed by atoms with Gasteiger partial charge < -0.3 is 20.1 Å². The first-order valence-electron chi connectivity index (χ1n) is 6.84. The van der Waals surface area contributed by atoms with Crippen molar-refractivity contribution in [1.82, 2.24) is 4.90 Å². The van der Waals surface area contributed by atoms with Gasteiger partial charge in [0.05, 0.1) is 13.7 Å². The molecule has 0 amide bonds. The minimum atomic E-state index is -2.88. The molecule has 1 aliphatic rings. The molecule has 0 spiro atoms. The highest BCUT2D eigenvalue weighted by Crippen LogP contribution is 2.26. The van der Waals surface area contributed by atoms with E-state index in [0.29, 0.717) is 17.3 Å². The Hall–Kier alpha value is -1.70. The van der Waals surface area contributed by atoms with Crippen molar-refractivity contribution in [2.45, 2.75) is 13.2 Å². The maximum Gasteiger partial charge on any atom is 0.387 e. The number of alkyl halides is 2. The first kappa shape index (κ1) is 16.7. The predicted octanol–water partition coefficient (Wildman–Crippen LogP) is 2.16. The average molecular weight is 331 g/mol. The number of ether oxygens (including phenoxy) is 2. The van der Waals surface area contributed by atoms with Crippen molar-refractivity contribution in [2.24, 2.45) is 10.7 Å². The smallest absolute Gasteiger partial charge is 0.387 e. The van der Waals surface area contributed by atoms with E-state index in [-0.39, 0.29) is 12.3 Å². The molecule has 1 saturated heterocycles. The van der Waals surface area contributed by atoms with Crippen molar-refractivity contribution in [3.05, 3.63) is 23.8 Å². The van der Waals surface area contributed by atoms with Crippen molar-refractivity contribution < 1.29 is 18.3 Å². The van der Waals surface area contributed by atoms with E-state index in [1.54, 1.807) is 12.1 Å². The highest BCUT2D eigenvalue weighted by Gasteiger charge is 2.14. The number of nitrogens with two attached hydrogens (primary N) is 1. The topological polar surface area (TPSA) is 60.1 Å². The minimum absolute atomic E-state index is 0.0848. The fraction of sp³-hybridized carbons (Fsp3) is 0.500. The predicted molar refractivity (Wildman–Crippen MR) is 83.9 cm³/mol. The maximum absolute atomic E-state index is 12.4. The molecule has 22 heavy (non-hydrogen) atoms. The molecule has 5 nitrogen and oxygen atoms in total. The molecule has 0 aromatic heterocycles. The zero-order valence-electron chi connectivity index (χ0n) is 12.3. The van der Waals surface area contributed by atoms with E-state index < -0.39 is 6.61 Å². The number of thioether (sulfide) groups is 1. The summed E-state index contributed by atoms with van der Waals surface area (Å²) in [5.74, 6) is 3.08. The van der Waals surface area contributed by atoms with E-state index in [9.17, 15) is 8.78 Å². The van der Waals surface area contributed by atoms with Crippen LogP contribution in [0.25, 0.3) is 0 Å². The molecule has 0 saturated carbocycles. The Morgan fingerprint density at radius 2 is 2.14 bits per heavy atom. The number of methoxy groups -OCH3 is 1. The van der Waals surface area contributed by atoms with E-state index in [4.69, 9.17) is 10.5 Å². The Balaban J connectivity index is 2.12. The van der Waals surface area contributed by atoms with Crippen LogP contribution in [0.3, 0.4) is 0 Å². The third-order valence-corrected chi connectivity index (χ3v) is 4.17. The molecule has 1 aromatic carbocycles. The van der Waals surface area contributed by atoms with Gasteiger partial charge in [0.1, 0.15) is 11.5 Å². The highest BCUT2D eigenvalue weighted by atomic mass is 32.2. The molecule has 1 aromatic rings. The zero-order chi connectivity index (χ0) is 15.9. The molecule has 2 rings (SSSR count). The van der Waals surface area contributed by atoms with Crippen molar-refractivity contribution >= 4 is 17.7 Å². The van der Waals surface area contributed by atoms with E-state index in [2.05, 4.69) is 9.73 Å². The number of rotatable bonds is 5. The molecule has 0 atom stereocenters. The Bertz CT molecular complexity index is 523. The van der Waals surface area contributed by atoms with Gasteiger partial charge in [-0.3, -0.25) is 0 Å². The molecule has 1 fully saturated rings. The Morgan fingerprint density at radius 3 is 2.77 bits per heavy atom. The lowest BCUT2D eigenvalue weighted by Gasteiger charge is -2.27. The average Bonchev–Trinajstić information content (AvgIpc) is 2.54. The lowest BCUT2D eigenvalue weighted by Crippen LogP contribution is -2.42. The third-order valence-electron chi connectivity index (χ3n) is 3.23. The molecule has 0 unspecified atom stereocenters. The quantitative estimate of drug-likeness (QED) is 0.662. The summed E-state index contributed by atoms with van der Waals surface area (Å²) in [6.07, 6.45) is 0. The molecular weight excluding hydrogens is 312 g/mol. The standard InChI is InChI=1S/C14H19F2N3O2S/c1-20-11-2-3-12(21-13(15)16)10(8-11)9-18-14(17)19-4-6-22-7-5-19/h2-3,8,13H,4-7,9H2,1H3,(H2,17,18). The number of hydrogen-bond donors (Lipinski definition) is 1. The number of benzene rings is 1. The number of halogens is 2. The Morgan fingerprint density at radius 1 is 1.41 bits per heavy atom. The summed E-state index contributed by atoms with van der Waals surface area (Å²) in [7, 11) is 1.51. The number of nitrogens with zero attached hydrogens (tertiary/aromatic N) is 2. The van der Waals surface area contributed by atoms with Crippen LogP contribution in [0.15, 0.2) is 23.2 Å². The molecule has 1 heterocycles. The largest absolute Gasteiger partial charge is 0.497 e. The molecule has 8 heteroatoms. The van der Waals surface area contributed by atoms with Crippen molar-refractivity contribution in [2.75, 3.05) is 31.7 Å². The molecule has 1 aliphatic heterocycles. The van der Waals surface area contributed by atoms with E-state index in [0.717, 1.165) is 24.6 Å². The van der Waals surface area contributed by atoms with Crippen LogP contribution in [0, 0.1) is 0 Å². The maximum atomic E-state index is 12.4. The van der Waals surface area contributed by atoms with Gasteiger partial charge in [0.2, 0.25) is 0 Å². The van der Waals surface area contributed by atoms with Gasteiger partial charge in [-0.1, -0.05) is 0 Å². The Kier molecular flexibility index (Phi) is 6.11. The van der Waals surface area contributed by atoms with Crippen LogP contribution in [-0.4, -0.2) is 49.2 Å². The summed E-state index contributed by atoms with van der Waals surface area (Å²) in [5, 5.41) is 0. The van der Waals surface area contributed by atoms with Crippen LogP contribution in [0.5, 0.6) is 11.5 Å². The minimum Gasteiger partial charge on any atom is -0.497 e. The summed E-state index contributed by atoms with van der Waals surface area (Å²) in [6.45, 7) is -1.03. The molecule has 0 aliphatic carbocycles. The van der Waals surface area contributed by atoms with Gasteiger partial charge in [-0.2, -0.15) is 20.5 Å². The number of aliphatic imine (C=N–C) groups is 1. The summed E-state index contributed by atoms with van der Waals surface area (Å²) < 4.78 is 34.5. The second-order valence-corrected chi connectivity index (χ2v) is 5.85. The van der Waals surface area contributed by atoms with Gasteiger partial charge in [-0.25, -0.2) is 4.99 Å². The fourth-order valence-corrected chi connectivity index (χ4v) is 2.98. The summed E-state index contributed by atoms with van der Waals surface area (Å²) >= 11 is 1.87. The lowest BCUT2D eigenvalue weighted by atomic mass is 10.2. The molecular formula is C14H19F2N3O2S. The number of guanidine groups is 1.